The van der Waals surface area contributed by atoms with Crippen LogP contribution in [-0.2, 0) is 6.18 Å². The normalized spacial score (nSPS) is 22.3. The number of nitrogens with one attached hydrogen (secondary N) is 2. The van der Waals surface area contributed by atoms with Crippen LogP contribution in [-0.4, -0.2) is 36.4 Å². The molecule has 0 amide bonds. The molecule has 1 aromatic carbocycles. The summed E-state index contributed by atoms with van der Waals surface area (Å²) >= 11 is 1.89. The Morgan fingerprint density at radius 2 is 1.71 bits per heavy atom. The van der Waals surface area contributed by atoms with Crippen molar-refractivity contribution in [2.24, 2.45) is 5.92 Å². The Bertz CT molecular complexity index is 723. The third-order valence-corrected chi connectivity index (χ3v) is 6.43. The largest absolute Gasteiger partial charge is 0.418 e. The van der Waals surface area contributed by atoms with Crippen LogP contribution in [0.1, 0.15) is 58.9 Å². The van der Waals surface area contributed by atoms with Gasteiger partial charge in [-0.1, -0.05) is 24.9 Å². The Balaban J connectivity index is 0.000000233. The van der Waals surface area contributed by atoms with Gasteiger partial charge in [-0.3, -0.25) is 9.73 Å². The number of nitrogens with zero attached hydrogens (tertiary/aromatic N) is 2. The van der Waals surface area contributed by atoms with Crippen molar-refractivity contribution in [2.45, 2.75) is 70.3 Å². The molecule has 1 heterocycles. The number of likely N-dealkylation sites (N-methyl/N-ethyl adjacent to an activating group) is 1. The molecule has 176 valence electrons. The van der Waals surface area contributed by atoms with Gasteiger partial charge >= 0.3 is 6.18 Å². The Kier molecular flexibility index (Phi) is 9.15. The molecular weight excluding hydrogens is 421 g/mol. The van der Waals surface area contributed by atoms with Gasteiger partial charge < -0.3 is 5.32 Å². The Morgan fingerprint density at radius 3 is 2.19 bits per heavy atom. The lowest BCUT2D eigenvalue weighted by Gasteiger charge is -2.29. The SMILES string of the molecule is CC1CCC(NSC(C)(C)C)CC1.CNc1ccc(N2C=CCN2C)c(C(F)(F)F)c1. The Labute approximate surface area is 189 Å². The topological polar surface area (TPSA) is 30.5 Å². The highest BCUT2D eigenvalue weighted by atomic mass is 32.2. The summed E-state index contributed by atoms with van der Waals surface area (Å²) in [6.07, 6.45) is 4.62. The highest BCUT2D eigenvalue weighted by Crippen LogP contribution is 2.39. The highest BCUT2D eigenvalue weighted by molar-refractivity contribution is 7.98. The predicted octanol–water partition coefficient (Wildman–Crippen LogP) is 6.53. The fraction of sp³-hybridized carbons (Fsp3) is 0.652. The first kappa shape index (κ1) is 25.9. The molecule has 1 aliphatic heterocycles. The summed E-state index contributed by atoms with van der Waals surface area (Å²) in [7, 11) is 3.34. The zero-order chi connectivity index (χ0) is 23.2. The lowest BCUT2D eigenvalue weighted by Crippen LogP contribution is -2.32. The molecule has 2 N–H and O–H groups in total. The number of hydrogen-bond donors (Lipinski definition) is 2. The first-order chi connectivity index (χ1) is 14.4. The fourth-order valence-corrected chi connectivity index (χ4v) is 4.28. The molecule has 1 fully saturated rings. The number of hydrazine groups is 1. The molecule has 0 saturated heterocycles. The Hall–Kier alpha value is -1.38. The van der Waals surface area contributed by atoms with Crippen molar-refractivity contribution in [1.29, 1.82) is 0 Å². The molecule has 0 bridgehead atoms. The van der Waals surface area contributed by atoms with Crippen LogP contribution in [0.3, 0.4) is 0 Å². The number of anilines is 2. The number of rotatable bonds is 4. The van der Waals surface area contributed by atoms with E-state index in [4.69, 9.17) is 0 Å². The van der Waals surface area contributed by atoms with Crippen LogP contribution in [0, 0.1) is 5.92 Å². The molecular formula is C23H37F3N4S. The van der Waals surface area contributed by atoms with Gasteiger partial charge in [0.2, 0.25) is 0 Å². The second-order valence-corrected chi connectivity index (χ2v) is 11.0. The van der Waals surface area contributed by atoms with Crippen molar-refractivity contribution >= 4 is 23.3 Å². The van der Waals surface area contributed by atoms with Crippen LogP contribution >= 0.6 is 11.9 Å². The average molecular weight is 459 g/mol. The molecule has 31 heavy (non-hydrogen) atoms. The van der Waals surface area contributed by atoms with Crippen molar-refractivity contribution in [1.82, 2.24) is 9.73 Å². The molecule has 1 aromatic rings. The summed E-state index contributed by atoms with van der Waals surface area (Å²) in [4.78, 5) is 0. The molecule has 0 unspecified atom stereocenters. The number of halogens is 3. The quantitative estimate of drug-likeness (QED) is 0.501. The minimum Gasteiger partial charge on any atom is -0.388 e. The Morgan fingerprint density at radius 1 is 1.06 bits per heavy atom. The van der Waals surface area contributed by atoms with Gasteiger partial charge in [-0.05, 0) is 70.6 Å². The van der Waals surface area contributed by atoms with Crippen LogP contribution in [0.4, 0.5) is 24.5 Å². The van der Waals surface area contributed by atoms with Gasteiger partial charge in [0.25, 0.3) is 0 Å². The van der Waals surface area contributed by atoms with Crippen molar-refractivity contribution in [3.05, 3.63) is 36.0 Å². The van der Waals surface area contributed by atoms with Gasteiger partial charge in [-0.25, -0.2) is 5.01 Å². The van der Waals surface area contributed by atoms with E-state index in [9.17, 15) is 13.2 Å². The average Bonchev–Trinajstić information content (AvgIpc) is 3.12. The van der Waals surface area contributed by atoms with Crippen molar-refractivity contribution < 1.29 is 13.2 Å². The van der Waals surface area contributed by atoms with Gasteiger partial charge in [-0.2, -0.15) is 13.2 Å². The molecule has 1 aliphatic carbocycles. The van der Waals surface area contributed by atoms with Crippen LogP contribution in [0.25, 0.3) is 0 Å². The van der Waals surface area contributed by atoms with E-state index in [1.54, 1.807) is 31.4 Å². The summed E-state index contributed by atoms with van der Waals surface area (Å²) in [6.45, 7) is 9.75. The van der Waals surface area contributed by atoms with E-state index < -0.39 is 11.7 Å². The van der Waals surface area contributed by atoms with E-state index in [0.29, 0.717) is 17.0 Å². The predicted molar refractivity (Wildman–Crippen MR) is 127 cm³/mol. The molecule has 0 aromatic heterocycles. The summed E-state index contributed by atoms with van der Waals surface area (Å²) < 4.78 is 43.1. The monoisotopic (exact) mass is 458 g/mol. The summed E-state index contributed by atoms with van der Waals surface area (Å²) in [5, 5.41) is 5.93. The zero-order valence-electron chi connectivity index (χ0n) is 19.5. The van der Waals surface area contributed by atoms with Gasteiger partial charge in [0.15, 0.2) is 0 Å². The van der Waals surface area contributed by atoms with Gasteiger partial charge in [0, 0.05) is 43.3 Å². The van der Waals surface area contributed by atoms with Crippen molar-refractivity contribution in [2.75, 3.05) is 31.0 Å². The maximum Gasteiger partial charge on any atom is 0.418 e. The first-order valence-corrected chi connectivity index (χ1v) is 11.7. The molecule has 0 radical (unpaired) electrons. The maximum absolute atomic E-state index is 13.0. The van der Waals surface area contributed by atoms with Crippen LogP contribution in [0.15, 0.2) is 30.5 Å². The smallest absolute Gasteiger partial charge is 0.388 e. The molecule has 0 spiro atoms. The number of hydrogen-bond acceptors (Lipinski definition) is 5. The third kappa shape index (κ3) is 8.24. The third-order valence-electron chi connectivity index (χ3n) is 5.37. The molecule has 2 aliphatic rings. The van der Waals surface area contributed by atoms with E-state index in [0.717, 1.165) is 18.0 Å². The minimum absolute atomic E-state index is 0.137. The van der Waals surface area contributed by atoms with E-state index in [2.05, 4.69) is 37.7 Å². The molecule has 8 heteroatoms. The summed E-state index contributed by atoms with van der Waals surface area (Å²) in [5.74, 6) is 0.956. The van der Waals surface area contributed by atoms with Crippen LogP contribution in [0.2, 0.25) is 0 Å². The standard InChI is InChI=1S/C12H14F3N3.C11H23NS/c1-16-9-4-5-11(10(8-9)12(13,14)15)18-7-3-6-17(18)2;1-9-5-7-10(8-6-9)12-13-11(2,3)4/h3-5,7-8,16H,6H2,1-2H3;9-10,12H,5-8H2,1-4H3. The molecule has 4 nitrogen and oxygen atoms in total. The van der Waals surface area contributed by atoms with E-state index >= 15 is 0 Å². The van der Waals surface area contributed by atoms with E-state index in [1.807, 2.05) is 18.0 Å². The fourth-order valence-electron chi connectivity index (χ4n) is 3.52. The van der Waals surface area contributed by atoms with Gasteiger partial charge in [0.1, 0.15) is 0 Å². The summed E-state index contributed by atoms with van der Waals surface area (Å²) in [5.41, 5.74) is -0.0672. The second-order valence-electron chi connectivity index (χ2n) is 9.34. The van der Waals surface area contributed by atoms with Crippen molar-refractivity contribution in [3.8, 4) is 0 Å². The van der Waals surface area contributed by atoms with Gasteiger partial charge in [0.05, 0.1) is 11.3 Å². The van der Waals surface area contributed by atoms with E-state index in [1.165, 1.54) is 36.8 Å². The number of benzene rings is 1. The minimum atomic E-state index is -4.38. The second kappa shape index (κ2) is 11.0. The maximum atomic E-state index is 13.0. The highest BCUT2D eigenvalue weighted by Gasteiger charge is 2.36. The molecule has 3 rings (SSSR count). The van der Waals surface area contributed by atoms with Gasteiger partial charge in [-0.15, -0.1) is 0 Å². The lowest BCUT2D eigenvalue weighted by molar-refractivity contribution is -0.137. The van der Waals surface area contributed by atoms with Crippen molar-refractivity contribution in [3.63, 3.8) is 0 Å². The molecule has 1 saturated carbocycles. The molecule has 0 atom stereocenters. The zero-order valence-corrected chi connectivity index (χ0v) is 20.3. The lowest BCUT2D eigenvalue weighted by atomic mass is 9.88. The van der Waals surface area contributed by atoms with E-state index in [-0.39, 0.29) is 5.69 Å². The first-order valence-electron chi connectivity index (χ1n) is 10.9. The van der Waals surface area contributed by atoms with Crippen LogP contribution in [0.5, 0.6) is 0 Å². The summed E-state index contributed by atoms with van der Waals surface area (Å²) in [6, 6.07) is 4.99. The number of alkyl halides is 3. The van der Waals surface area contributed by atoms with Crippen LogP contribution < -0.4 is 15.0 Å².